The Hall–Kier alpha value is -0.970. The molecule has 84 valence electrons. The second kappa shape index (κ2) is 5.80. The topological polar surface area (TPSA) is 58.9 Å². The zero-order valence-corrected chi connectivity index (χ0v) is 9.12. The zero-order chi connectivity index (χ0) is 11.3. The lowest BCUT2D eigenvalue weighted by Gasteiger charge is -2.13. The number of hydrogen-bond donors (Lipinski definition) is 2. The van der Waals surface area contributed by atoms with Crippen LogP contribution in [0.5, 0.6) is 11.5 Å². The third kappa shape index (κ3) is 2.99. The molecule has 0 heterocycles. The van der Waals surface area contributed by atoms with Crippen molar-refractivity contribution in [2.75, 3.05) is 20.3 Å². The maximum absolute atomic E-state index is 9.11. The van der Waals surface area contributed by atoms with E-state index in [1.165, 1.54) is 7.11 Å². The Bertz CT molecular complexity index is 302. The summed E-state index contributed by atoms with van der Waals surface area (Å²) in [7, 11) is 1.48. The van der Waals surface area contributed by atoms with Crippen LogP contribution in [-0.2, 0) is 6.61 Å². The summed E-state index contributed by atoms with van der Waals surface area (Å²) >= 11 is 5.82. The summed E-state index contributed by atoms with van der Waals surface area (Å²) in [5.41, 5.74) is 0.535. The average Bonchev–Trinajstić information content (AvgIpc) is 2.26. The quantitative estimate of drug-likeness (QED) is 0.801. The molecule has 4 nitrogen and oxygen atoms in total. The summed E-state index contributed by atoms with van der Waals surface area (Å²) in [6.45, 7) is -0.153. The molecule has 0 unspecified atom stereocenters. The Morgan fingerprint density at radius 3 is 2.60 bits per heavy atom. The smallest absolute Gasteiger partial charge is 0.166 e. The molecule has 0 fully saturated rings. The van der Waals surface area contributed by atoms with Gasteiger partial charge >= 0.3 is 0 Å². The molecule has 1 aromatic rings. The number of ether oxygens (including phenoxy) is 2. The largest absolute Gasteiger partial charge is 0.493 e. The highest BCUT2D eigenvalue weighted by atomic mass is 35.5. The minimum Gasteiger partial charge on any atom is -0.493 e. The van der Waals surface area contributed by atoms with Crippen LogP contribution in [-0.4, -0.2) is 30.5 Å². The minimum absolute atomic E-state index is 0.101. The van der Waals surface area contributed by atoms with E-state index >= 15 is 0 Å². The number of hydrogen-bond acceptors (Lipinski definition) is 4. The van der Waals surface area contributed by atoms with Crippen molar-refractivity contribution >= 4 is 11.6 Å². The lowest BCUT2D eigenvalue weighted by molar-refractivity contribution is 0.190. The summed E-state index contributed by atoms with van der Waals surface area (Å²) in [5.74, 6) is 0.860. The molecule has 0 aliphatic heterocycles. The first-order valence-corrected chi connectivity index (χ1v) is 4.81. The molecule has 15 heavy (non-hydrogen) atoms. The Morgan fingerprint density at radius 1 is 1.33 bits per heavy atom. The molecule has 1 rings (SSSR count). The standard InChI is InChI=1S/C10H13ClO4/c1-14-9-5-8(11)4-7(6-13)10(9)15-3-2-12/h4-5,12-13H,2-3,6H2,1H3. The van der Waals surface area contributed by atoms with Gasteiger partial charge in [-0.15, -0.1) is 0 Å². The van der Waals surface area contributed by atoms with Gasteiger partial charge < -0.3 is 19.7 Å². The molecule has 0 aliphatic carbocycles. The molecular formula is C10H13ClO4. The molecule has 0 aromatic heterocycles. The second-order valence-electron chi connectivity index (χ2n) is 2.83. The van der Waals surface area contributed by atoms with E-state index in [-0.39, 0.29) is 19.8 Å². The average molecular weight is 233 g/mol. The van der Waals surface area contributed by atoms with Crippen LogP contribution in [0.3, 0.4) is 0 Å². The van der Waals surface area contributed by atoms with Gasteiger partial charge in [0.05, 0.1) is 20.3 Å². The monoisotopic (exact) mass is 232 g/mol. The fourth-order valence-corrected chi connectivity index (χ4v) is 1.43. The molecule has 0 aliphatic rings. The van der Waals surface area contributed by atoms with Gasteiger partial charge in [0.1, 0.15) is 6.61 Å². The van der Waals surface area contributed by atoms with Crippen LogP contribution in [0, 0.1) is 0 Å². The van der Waals surface area contributed by atoms with Crippen LogP contribution in [0.15, 0.2) is 12.1 Å². The van der Waals surface area contributed by atoms with Gasteiger partial charge in [-0.3, -0.25) is 0 Å². The minimum atomic E-state index is -0.197. The SMILES string of the molecule is COc1cc(Cl)cc(CO)c1OCCO. The summed E-state index contributed by atoms with van der Waals surface area (Å²) in [6.07, 6.45) is 0. The predicted octanol–water partition coefficient (Wildman–Crippen LogP) is 1.21. The van der Waals surface area contributed by atoms with Crippen LogP contribution in [0.4, 0.5) is 0 Å². The Labute approximate surface area is 93.0 Å². The Morgan fingerprint density at radius 2 is 2.07 bits per heavy atom. The van der Waals surface area contributed by atoms with Crippen LogP contribution in [0.1, 0.15) is 5.56 Å². The van der Waals surface area contributed by atoms with Crippen molar-refractivity contribution < 1.29 is 19.7 Å². The maximum atomic E-state index is 9.11. The van der Waals surface area contributed by atoms with Gasteiger partial charge in [-0.25, -0.2) is 0 Å². The van der Waals surface area contributed by atoms with Crippen molar-refractivity contribution in [2.24, 2.45) is 0 Å². The van der Waals surface area contributed by atoms with Crippen molar-refractivity contribution in [2.45, 2.75) is 6.61 Å². The van der Waals surface area contributed by atoms with Crippen molar-refractivity contribution in [3.63, 3.8) is 0 Å². The van der Waals surface area contributed by atoms with E-state index in [1.807, 2.05) is 0 Å². The van der Waals surface area contributed by atoms with E-state index in [4.69, 9.17) is 31.3 Å². The highest BCUT2D eigenvalue weighted by molar-refractivity contribution is 6.30. The third-order valence-electron chi connectivity index (χ3n) is 1.82. The van der Waals surface area contributed by atoms with E-state index < -0.39 is 0 Å². The van der Waals surface area contributed by atoms with E-state index in [0.717, 1.165) is 0 Å². The number of aliphatic hydroxyl groups excluding tert-OH is 2. The van der Waals surface area contributed by atoms with Gasteiger partial charge in [-0.2, -0.15) is 0 Å². The highest BCUT2D eigenvalue weighted by Gasteiger charge is 2.11. The van der Waals surface area contributed by atoms with Crippen LogP contribution < -0.4 is 9.47 Å². The van der Waals surface area contributed by atoms with Gasteiger partial charge in [0.15, 0.2) is 11.5 Å². The second-order valence-corrected chi connectivity index (χ2v) is 3.26. The van der Waals surface area contributed by atoms with Crippen molar-refractivity contribution in [1.82, 2.24) is 0 Å². The number of benzene rings is 1. The maximum Gasteiger partial charge on any atom is 0.166 e. The number of halogens is 1. The lowest BCUT2D eigenvalue weighted by Crippen LogP contribution is -2.05. The molecule has 0 radical (unpaired) electrons. The zero-order valence-electron chi connectivity index (χ0n) is 8.36. The fraction of sp³-hybridized carbons (Fsp3) is 0.400. The van der Waals surface area contributed by atoms with Crippen molar-refractivity contribution in [1.29, 1.82) is 0 Å². The molecular weight excluding hydrogens is 220 g/mol. The normalized spacial score (nSPS) is 10.1. The predicted molar refractivity (Wildman–Crippen MR) is 56.5 cm³/mol. The summed E-state index contributed by atoms with van der Waals surface area (Å²) in [5, 5.41) is 18.2. The summed E-state index contributed by atoms with van der Waals surface area (Å²) in [6, 6.07) is 3.18. The number of methoxy groups -OCH3 is 1. The van der Waals surface area contributed by atoms with Gasteiger partial charge in [-0.05, 0) is 6.07 Å². The molecule has 0 bridgehead atoms. The van der Waals surface area contributed by atoms with Gasteiger partial charge in [0.25, 0.3) is 0 Å². The molecule has 2 N–H and O–H groups in total. The highest BCUT2D eigenvalue weighted by Crippen LogP contribution is 2.34. The molecule has 0 amide bonds. The van der Waals surface area contributed by atoms with Crippen LogP contribution in [0.25, 0.3) is 0 Å². The Balaban J connectivity index is 3.06. The van der Waals surface area contributed by atoms with E-state index in [1.54, 1.807) is 12.1 Å². The molecule has 0 saturated carbocycles. The van der Waals surface area contributed by atoms with Gasteiger partial charge in [-0.1, -0.05) is 11.6 Å². The number of aliphatic hydroxyl groups is 2. The third-order valence-corrected chi connectivity index (χ3v) is 2.04. The van der Waals surface area contributed by atoms with E-state index in [9.17, 15) is 0 Å². The molecule has 5 heteroatoms. The summed E-state index contributed by atoms with van der Waals surface area (Å²) in [4.78, 5) is 0. The number of rotatable bonds is 5. The first-order valence-electron chi connectivity index (χ1n) is 4.43. The summed E-state index contributed by atoms with van der Waals surface area (Å²) < 4.78 is 10.3. The van der Waals surface area contributed by atoms with E-state index in [0.29, 0.717) is 22.1 Å². The van der Waals surface area contributed by atoms with Gasteiger partial charge in [0.2, 0.25) is 0 Å². The van der Waals surface area contributed by atoms with E-state index in [2.05, 4.69) is 0 Å². The fourth-order valence-electron chi connectivity index (χ4n) is 1.20. The van der Waals surface area contributed by atoms with Crippen molar-refractivity contribution in [3.05, 3.63) is 22.7 Å². The lowest BCUT2D eigenvalue weighted by atomic mass is 10.2. The Kier molecular flexibility index (Phi) is 4.68. The molecule has 1 aromatic carbocycles. The molecule has 0 spiro atoms. The first kappa shape index (κ1) is 12.1. The van der Waals surface area contributed by atoms with Crippen LogP contribution in [0.2, 0.25) is 5.02 Å². The van der Waals surface area contributed by atoms with Crippen molar-refractivity contribution in [3.8, 4) is 11.5 Å². The van der Waals surface area contributed by atoms with Gasteiger partial charge in [0, 0.05) is 16.7 Å². The molecule has 0 atom stereocenters. The first-order chi connectivity index (χ1) is 7.22. The molecule has 0 saturated heterocycles. The van der Waals surface area contributed by atoms with Crippen LogP contribution >= 0.6 is 11.6 Å².